The van der Waals surface area contributed by atoms with Gasteiger partial charge in [-0.1, -0.05) is 18.2 Å². The molecule has 1 N–H and O–H groups in total. The Labute approximate surface area is 203 Å². The molecule has 2 aromatic carbocycles. The van der Waals surface area contributed by atoms with Crippen LogP contribution < -0.4 is 15.3 Å². The van der Waals surface area contributed by atoms with Crippen molar-refractivity contribution in [2.24, 2.45) is 0 Å². The topological polar surface area (TPSA) is 89.6 Å². The smallest absolute Gasteiger partial charge is 0.493 e. The molecule has 4 rings (SSSR count). The van der Waals surface area contributed by atoms with Crippen LogP contribution in [0, 0.1) is 6.92 Å². The summed E-state index contributed by atoms with van der Waals surface area (Å²) in [4.78, 5) is 31.9. The van der Waals surface area contributed by atoms with Gasteiger partial charge in [0.1, 0.15) is 5.75 Å². The fourth-order valence-electron chi connectivity index (χ4n) is 3.73. The van der Waals surface area contributed by atoms with Gasteiger partial charge in [0.05, 0.1) is 23.5 Å². The Balaban J connectivity index is 1.67. The Morgan fingerprint density at radius 3 is 2.39 bits per heavy atom. The molecule has 0 atom stereocenters. The average molecular weight is 498 g/mol. The van der Waals surface area contributed by atoms with Crippen LogP contribution in [0.3, 0.4) is 0 Å². The van der Waals surface area contributed by atoms with Gasteiger partial charge in [-0.2, -0.15) is 0 Å². The molecule has 0 spiro atoms. The van der Waals surface area contributed by atoms with Crippen molar-refractivity contribution in [3.05, 3.63) is 100 Å². The first-order valence-electron chi connectivity index (χ1n) is 10.7. The van der Waals surface area contributed by atoms with Gasteiger partial charge in [-0.3, -0.25) is 14.3 Å². The Morgan fingerprint density at radius 2 is 1.75 bits per heavy atom. The highest BCUT2D eigenvalue weighted by Gasteiger charge is 2.31. The summed E-state index contributed by atoms with van der Waals surface area (Å²) in [7, 11) is 1.63. The number of hydrogen-bond acceptors (Lipinski definition) is 5. The van der Waals surface area contributed by atoms with Crippen LogP contribution in [0.25, 0.3) is 5.69 Å². The van der Waals surface area contributed by atoms with E-state index >= 15 is 0 Å². The van der Waals surface area contributed by atoms with Crippen molar-refractivity contribution in [2.45, 2.75) is 19.8 Å². The van der Waals surface area contributed by atoms with Crippen LogP contribution in [-0.2, 0) is 6.54 Å². The minimum Gasteiger partial charge on any atom is -0.493 e. The lowest BCUT2D eigenvalue weighted by atomic mass is 10.1. The number of halogens is 3. The molecule has 36 heavy (non-hydrogen) atoms. The molecule has 8 nitrogen and oxygen atoms in total. The van der Waals surface area contributed by atoms with Crippen molar-refractivity contribution in [3.8, 4) is 17.3 Å². The number of benzene rings is 2. The first-order valence-corrected chi connectivity index (χ1v) is 10.7. The number of aromatic nitrogens is 3. The van der Waals surface area contributed by atoms with Crippen molar-refractivity contribution < 1.29 is 27.8 Å². The minimum absolute atomic E-state index is 0.0489. The molecule has 1 amide bonds. The normalized spacial score (nSPS) is 11.4. The summed E-state index contributed by atoms with van der Waals surface area (Å²) in [6, 6.07) is 15.2. The minimum atomic E-state index is -4.85. The van der Waals surface area contributed by atoms with Gasteiger partial charge in [0.15, 0.2) is 0 Å². The van der Waals surface area contributed by atoms with Gasteiger partial charge < -0.3 is 14.7 Å². The molecule has 0 bridgehead atoms. The van der Waals surface area contributed by atoms with E-state index in [0.717, 1.165) is 16.7 Å². The molecule has 0 fully saturated rings. The highest BCUT2D eigenvalue weighted by Crippen LogP contribution is 2.26. The first-order chi connectivity index (χ1) is 17.1. The highest BCUT2D eigenvalue weighted by atomic mass is 19.4. The molecule has 0 saturated carbocycles. The van der Waals surface area contributed by atoms with E-state index in [-0.39, 0.29) is 35.3 Å². The maximum Gasteiger partial charge on any atom is 0.573 e. The number of ether oxygens (including phenoxy) is 1. The van der Waals surface area contributed by atoms with E-state index in [0.29, 0.717) is 11.3 Å². The summed E-state index contributed by atoms with van der Waals surface area (Å²) in [6.07, 6.45) is -1.95. The van der Waals surface area contributed by atoms with Crippen molar-refractivity contribution in [1.82, 2.24) is 14.1 Å². The van der Waals surface area contributed by atoms with E-state index in [1.807, 2.05) is 6.07 Å². The van der Waals surface area contributed by atoms with Gasteiger partial charge in [0.25, 0.3) is 5.91 Å². The summed E-state index contributed by atoms with van der Waals surface area (Å²) in [6.45, 7) is 1.47. The van der Waals surface area contributed by atoms with Crippen LogP contribution >= 0.6 is 0 Å². The number of anilines is 1. The number of amides is 1. The number of carbonyl (C=O) groups is 1. The highest BCUT2D eigenvalue weighted by molar-refractivity contribution is 6.06. The summed E-state index contributed by atoms with van der Waals surface area (Å²) >= 11 is 0. The van der Waals surface area contributed by atoms with E-state index in [9.17, 15) is 27.9 Å². The summed E-state index contributed by atoms with van der Waals surface area (Å²) in [5, 5.41) is 10.6. The Kier molecular flexibility index (Phi) is 6.56. The second-order valence-electron chi connectivity index (χ2n) is 7.89. The van der Waals surface area contributed by atoms with Gasteiger partial charge in [-0.05, 0) is 55.0 Å². The van der Waals surface area contributed by atoms with E-state index in [2.05, 4.69) is 9.72 Å². The molecule has 0 radical (unpaired) electrons. The number of pyridine rings is 1. The monoisotopic (exact) mass is 498 g/mol. The van der Waals surface area contributed by atoms with Crippen molar-refractivity contribution in [3.63, 3.8) is 0 Å². The largest absolute Gasteiger partial charge is 0.573 e. The van der Waals surface area contributed by atoms with Crippen molar-refractivity contribution in [1.29, 1.82) is 0 Å². The molecular formula is C25H21F3N4O4. The standard InChI is InChI=1S/C25H21F3N4O4/c1-16-22(33)32(19-8-10-20(11-9-19)36-25(26,27)28)24(35)31(16)15-17-12-13-29-14-21(17)23(34)30(2)18-6-4-3-5-7-18/h3-14,33H,15H2,1-2H3. The number of alkyl halides is 3. The Bertz CT molecular complexity index is 1450. The van der Waals surface area contributed by atoms with Crippen LogP contribution in [0.15, 0.2) is 77.9 Å². The quantitative estimate of drug-likeness (QED) is 0.429. The van der Waals surface area contributed by atoms with E-state index in [1.54, 1.807) is 37.4 Å². The molecule has 0 aliphatic heterocycles. The second-order valence-corrected chi connectivity index (χ2v) is 7.89. The molecule has 11 heteroatoms. The lowest BCUT2D eigenvalue weighted by Crippen LogP contribution is -2.29. The number of nitrogens with zero attached hydrogens (tertiary/aromatic N) is 4. The number of carbonyl (C=O) groups excluding carboxylic acids is 1. The van der Waals surface area contributed by atoms with Crippen molar-refractivity contribution >= 4 is 11.6 Å². The van der Waals surface area contributed by atoms with Crippen LogP contribution in [0.4, 0.5) is 18.9 Å². The third kappa shape index (κ3) is 4.95. The van der Waals surface area contributed by atoms with Crippen LogP contribution in [0.5, 0.6) is 11.6 Å². The number of imidazole rings is 1. The number of rotatable bonds is 6. The zero-order valence-corrected chi connectivity index (χ0v) is 19.2. The Morgan fingerprint density at radius 1 is 1.08 bits per heavy atom. The third-order valence-electron chi connectivity index (χ3n) is 5.61. The molecule has 0 aliphatic rings. The third-order valence-corrected chi connectivity index (χ3v) is 5.61. The van der Waals surface area contributed by atoms with E-state index in [4.69, 9.17) is 0 Å². The van der Waals surface area contributed by atoms with Crippen LogP contribution in [0.1, 0.15) is 21.6 Å². The molecular weight excluding hydrogens is 477 g/mol. The molecule has 4 aromatic rings. The van der Waals surface area contributed by atoms with Gasteiger partial charge in [0, 0.05) is 25.1 Å². The summed E-state index contributed by atoms with van der Waals surface area (Å²) < 4.78 is 43.4. The van der Waals surface area contributed by atoms with Gasteiger partial charge in [-0.15, -0.1) is 13.2 Å². The molecule has 0 saturated heterocycles. The second kappa shape index (κ2) is 9.61. The molecule has 0 aliphatic carbocycles. The average Bonchev–Trinajstić information content (AvgIpc) is 3.06. The number of hydrogen-bond donors (Lipinski definition) is 1. The first kappa shape index (κ1) is 24.6. The number of aromatic hydroxyl groups is 1. The fraction of sp³-hybridized carbons (Fsp3) is 0.160. The van der Waals surface area contributed by atoms with Crippen molar-refractivity contribution in [2.75, 3.05) is 11.9 Å². The zero-order valence-electron chi connectivity index (χ0n) is 19.2. The summed E-state index contributed by atoms with van der Waals surface area (Å²) in [5.41, 5.74) is 1.16. The maximum absolute atomic E-state index is 13.2. The molecule has 2 aromatic heterocycles. The molecule has 0 unspecified atom stereocenters. The lowest BCUT2D eigenvalue weighted by molar-refractivity contribution is -0.274. The fourth-order valence-corrected chi connectivity index (χ4v) is 3.73. The van der Waals surface area contributed by atoms with Crippen LogP contribution in [0.2, 0.25) is 0 Å². The van der Waals surface area contributed by atoms with Gasteiger partial charge >= 0.3 is 12.1 Å². The van der Waals surface area contributed by atoms with E-state index in [1.165, 1.54) is 40.9 Å². The van der Waals surface area contributed by atoms with Gasteiger partial charge in [-0.25, -0.2) is 9.36 Å². The van der Waals surface area contributed by atoms with E-state index < -0.39 is 17.8 Å². The van der Waals surface area contributed by atoms with Gasteiger partial charge in [0.2, 0.25) is 5.88 Å². The SMILES string of the molecule is Cc1c(O)n(-c2ccc(OC(F)(F)F)cc2)c(=O)n1Cc1ccncc1C(=O)N(C)c1ccccc1. The maximum atomic E-state index is 13.2. The zero-order chi connectivity index (χ0) is 26.0. The number of para-hydroxylation sites is 1. The lowest BCUT2D eigenvalue weighted by Gasteiger charge is -2.19. The summed E-state index contributed by atoms with van der Waals surface area (Å²) in [5.74, 6) is -1.18. The predicted octanol–water partition coefficient (Wildman–Crippen LogP) is 4.27. The predicted molar refractivity (Wildman–Crippen MR) is 126 cm³/mol. The molecule has 2 heterocycles. The van der Waals surface area contributed by atoms with Crippen LogP contribution in [-0.4, -0.2) is 38.5 Å². The molecule has 186 valence electrons. The Hall–Kier alpha value is -4.54.